The number of esters is 1. The van der Waals surface area contributed by atoms with Gasteiger partial charge in [0.15, 0.2) is 20.2 Å². The van der Waals surface area contributed by atoms with Crippen molar-refractivity contribution < 1.29 is 77.0 Å². The van der Waals surface area contributed by atoms with Gasteiger partial charge >= 0.3 is 22.4 Å². The number of halogens is 4. The first-order valence-electron chi connectivity index (χ1n) is 32.8. The lowest BCUT2D eigenvalue weighted by Gasteiger charge is -2.44. The number of hydrogen-bond donors (Lipinski definition) is 2. The van der Waals surface area contributed by atoms with E-state index >= 15 is 0 Å². The van der Waals surface area contributed by atoms with E-state index in [9.17, 15) is 58.2 Å². The topological polar surface area (TPSA) is 239 Å². The number of nitrogens with zero attached hydrogens (tertiary/aromatic N) is 6. The summed E-state index contributed by atoms with van der Waals surface area (Å²) in [6.45, 7) is 9.28. The molecule has 1 aromatic heterocycles. The molecule has 17 nitrogen and oxygen atoms in total. The number of carboxylic acid groups (broad SMARTS) is 1. The third kappa shape index (κ3) is 25.0. The van der Waals surface area contributed by atoms with E-state index in [0.29, 0.717) is 18.5 Å². The summed E-state index contributed by atoms with van der Waals surface area (Å²) in [7, 11) is 5.94. The van der Waals surface area contributed by atoms with Crippen LogP contribution in [-0.4, -0.2) is 160 Å². The predicted octanol–water partition coefficient (Wildman–Crippen LogP) is 13.9. The molecule has 6 aliphatic rings. The van der Waals surface area contributed by atoms with E-state index < -0.39 is 80.9 Å². The number of ether oxygens (including phenoxy) is 1. The molecule has 0 saturated carbocycles. The second-order valence-corrected chi connectivity index (χ2v) is 30.4. The van der Waals surface area contributed by atoms with Crippen molar-refractivity contribution in [2.45, 2.75) is 126 Å². The molecule has 0 spiro atoms. The van der Waals surface area contributed by atoms with Gasteiger partial charge in [0.05, 0.1) is 78.8 Å². The number of hydrogen-bond acceptors (Lipinski definition) is 14. The highest BCUT2D eigenvalue weighted by molar-refractivity contribution is 7.87. The number of anilines is 1. The number of aliphatic hydroxyl groups is 1. The van der Waals surface area contributed by atoms with Gasteiger partial charge in [-0.15, -0.1) is 0 Å². The summed E-state index contributed by atoms with van der Waals surface area (Å²) in [6.07, 6.45) is 1.76. The van der Waals surface area contributed by atoms with E-state index in [1.54, 1.807) is 12.4 Å². The number of quaternary nitrogens is 2. The molecule has 2 N–H and O–H groups in total. The second-order valence-electron chi connectivity index (χ2n) is 27.4. The Balaban J connectivity index is 0.000000221. The number of aromatic nitrogens is 1. The van der Waals surface area contributed by atoms with Gasteiger partial charge in [-0.25, -0.2) is 26.8 Å². The normalized spacial score (nSPS) is 17.5. The number of aliphatic carboxylic acids is 1. The largest absolute Gasteiger partial charge is 0.743 e. The van der Waals surface area contributed by atoms with Crippen molar-refractivity contribution >= 4 is 43.9 Å². The summed E-state index contributed by atoms with van der Waals surface area (Å²) in [5.41, 5.74) is 13.6. The van der Waals surface area contributed by atoms with Gasteiger partial charge in [-0.3, -0.25) is 14.6 Å². The summed E-state index contributed by atoms with van der Waals surface area (Å²) in [6, 6.07) is 60.9. The number of aliphatic hydroxyl groups excluding tert-OH is 1. The fourth-order valence-electron chi connectivity index (χ4n) is 12.0. The summed E-state index contributed by atoms with van der Waals surface area (Å²) < 4.78 is 119. The molecule has 0 radical (unpaired) electrons. The third-order valence-corrected chi connectivity index (χ3v) is 18.1. The molecule has 23 heteroatoms. The van der Waals surface area contributed by atoms with Crippen LogP contribution in [-0.2, 0) is 47.7 Å². The van der Waals surface area contributed by atoms with Crippen LogP contribution in [0, 0.1) is 11.8 Å². The van der Waals surface area contributed by atoms with Crippen LogP contribution in [0.5, 0.6) is 0 Å². The molecule has 99 heavy (non-hydrogen) atoms. The standard InChI is InChI=1S/C21H20F2O5S.C17H14O2.2C10H16N.C7H10N2.C7H14N2.C4H8F2O4S/c22-21(23,29(25,26)27)10-5-11-28-20(24)18-12-17-13-6-1-3-8-15(13)19(18)16-9-4-2-7-14(16)17;18-17(19)15-9-14-10-5-1-3-7-12(10)16(15)13-8-4-2-6-11(13)14;2*1-11(2,3)9-10-7-5-4-6-8-10;1-9(2)7-3-5-8-6-4-7;1-6(2)8-5-9-7(3)4;5-4(6,2-1-3-7)11(8,9)10/h1-4,6-9,17-19H,5,10-12H2,(H,25,26,27);1-8,14-16H,9H2,(H,18,19);2*4-8H,9H2,1-3H3;3-6H,1-2H3;6-7H,1-4H3;7H,1-3H2,(H,8,9,10)/q;;2*+1;;;/p-2. The van der Waals surface area contributed by atoms with Crippen molar-refractivity contribution in [2.75, 3.05) is 74.5 Å². The number of carbonyl (C=O) groups excluding carboxylic acids is 1. The third-order valence-electron chi connectivity index (χ3n) is 16.3. The van der Waals surface area contributed by atoms with E-state index in [2.05, 4.69) is 172 Å². The van der Waals surface area contributed by atoms with Gasteiger partial charge in [-0.1, -0.05) is 158 Å². The number of carbonyl (C=O) groups is 2. The summed E-state index contributed by atoms with van der Waals surface area (Å²) >= 11 is 0. The van der Waals surface area contributed by atoms with Crippen LogP contribution in [0.2, 0.25) is 0 Å². The van der Waals surface area contributed by atoms with Crippen LogP contribution in [0.15, 0.2) is 192 Å². The maximum Gasteiger partial charge on any atom is 0.334 e. The minimum absolute atomic E-state index is 0.0231. The van der Waals surface area contributed by atoms with Crippen molar-refractivity contribution in [3.8, 4) is 0 Å². The summed E-state index contributed by atoms with van der Waals surface area (Å²) in [4.78, 5) is 38.1. The Kier molecular flexibility index (Phi) is 30.4. The minimum atomic E-state index is -5.72. The molecule has 0 fully saturated rings. The quantitative estimate of drug-likeness (QED) is 0.0203. The average molecular weight is 1410 g/mol. The Morgan fingerprint density at radius 3 is 1.18 bits per heavy atom. The van der Waals surface area contributed by atoms with Gasteiger partial charge in [0.2, 0.25) is 0 Å². The zero-order valence-corrected chi connectivity index (χ0v) is 60.2. The highest BCUT2D eigenvalue weighted by Crippen LogP contribution is 2.57. The minimum Gasteiger partial charge on any atom is -0.743 e. The lowest BCUT2D eigenvalue weighted by Crippen LogP contribution is -2.37. The first kappa shape index (κ1) is 81.7. The molecule has 536 valence electrons. The number of aliphatic imine (C=N–C) groups is 2. The smallest absolute Gasteiger partial charge is 0.334 e. The number of alkyl halides is 4. The molecular weight excluding hydrogens is 1310 g/mol. The van der Waals surface area contributed by atoms with E-state index in [4.69, 9.17) is 9.84 Å². The maximum absolute atomic E-state index is 13.2. The van der Waals surface area contributed by atoms with E-state index in [-0.39, 0.29) is 36.2 Å². The van der Waals surface area contributed by atoms with Crippen molar-refractivity contribution in [2.24, 2.45) is 21.8 Å². The van der Waals surface area contributed by atoms with Crippen molar-refractivity contribution in [3.05, 3.63) is 238 Å². The molecule has 0 amide bonds. The zero-order chi connectivity index (χ0) is 73.5. The first-order valence-corrected chi connectivity index (χ1v) is 35.6. The lowest BCUT2D eigenvalue weighted by atomic mass is 9.59. The zero-order valence-electron chi connectivity index (χ0n) is 58.6. The van der Waals surface area contributed by atoms with Crippen LogP contribution in [0.25, 0.3) is 0 Å². The second kappa shape index (κ2) is 36.9. The molecule has 2 atom stereocenters. The Morgan fingerprint density at radius 2 is 0.879 bits per heavy atom. The van der Waals surface area contributed by atoms with Crippen LogP contribution in [0.4, 0.5) is 23.2 Å². The molecule has 13 rings (SSSR count). The number of benzene rings is 6. The van der Waals surface area contributed by atoms with Crippen LogP contribution >= 0.6 is 0 Å². The van der Waals surface area contributed by atoms with Crippen molar-refractivity contribution in [3.63, 3.8) is 0 Å². The summed E-state index contributed by atoms with van der Waals surface area (Å²) in [5.74, 6) is -1.70. The number of fused-ring (bicyclic) bond motifs is 2. The number of rotatable bonds is 18. The van der Waals surface area contributed by atoms with Crippen molar-refractivity contribution in [1.29, 1.82) is 0 Å². The van der Waals surface area contributed by atoms with Crippen LogP contribution in [0.1, 0.15) is 146 Å². The highest BCUT2D eigenvalue weighted by atomic mass is 32.2. The molecule has 6 aliphatic carbocycles. The maximum atomic E-state index is 13.2. The Morgan fingerprint density at radius 1 is 0.556 bits per heavy atom. The number of carboxylic acids is 1. The highest BCUT2D eigenvalue weighted by Gasteiger charge is 2.48. The summed E-state index contributed by atoms with van der Waals surface area (Å²) in [5, 5.41) is 8.96. The molecule has 0 aliphatic heterocycles. The van der Waals surface area contributed by atoms with Gasteiger partial charge in [-0.05, 0) is 110 Å². The monoisotopic (exact) mass is 1410 g/mol. The SMILES string of the molecule is CC(C)N=C=NC(C)C.CN(C)c1ccncc1.C[N+](C)(C)Cc1ccccc1.C[N+](C)(C)Cc1ccccc1.O=C(O)C1CC2c3ccccc3C1c1ccccc12.O=C(OCCCC(F)(F)S(=O)(=O)[O-])C1CC2c3ccccc3C1c1ccccc12.O=S(=O)([O-])C(F)(F)CCCO. The van der Waals surface area contributed by atoms with Gasteiger partial charge in [0, 0.05) is 86.4 Å². The fourth-order valence-corrected chi connectivity index (χ4v) is 12.8. The Bertz CT molecular complexity index is 3820. The van der Waals surface area contributed by atoms with E-state index in [1.807, 2.05) is 107 Å². The van der Waals surface area contributed by atoms with Crippen LogP contribution < -0.4 is 4.90 Å². The van der Waals surface area contributed by atoms with E-state index in [1.165, 1.54) is 50.2 Å². The molecule has 7 aromatic rings. The molecule has 4 bridgehead atoms. The molecule has 1 heterocycles. The fraction of sp³-hybridized carbons (Fsp3) is 0.421. The molecule has 2 unspecified atom stereocenters. The van der Waals surface area contributed by atoms with Crippen LogP contribution in [0.3, 0.4) is 0 Å². The van der Waals surface area contributed by atoms with E-state index in [0.717, 1.165) is 39.6 Å². The first-order chi connectivity index (χ1) is 46.4. The predicted molar refractivity (Wildman–Crippen MR) is 378 cm³/mol. The van der Waals surface area contributed by atoms with Gasteiger partial charge in [0.1, 0.15) is 13.1 Å². The van der Waals surface area contributed by atoms with Crippen molar-refractivity contribution in [1.82, 2.24) is 4.98 Å². The van der Waals surface area contributed by atoms with Gasteiger partial charge in [-0.2, -0.15) is 17.6 Å². The van der Waals surface area contributed by atoms with Gasteiger partial charge < -0.3 is 37.9 Å². The molecule has 0 saturated heterocycles. The molecular formula is C76H96F4N6O11S2. The average Bonchev–Trinajstić information content (AvgIpc) is 0.729. The van der Waals surface area contributed by atoms with Gasteiger partial charge in [0.25, 0.3) is 0 Å². The molecule has 6 aromatic carbocycles. The number of pyridine rings is 1. The lowest BCUT2D eigenvalue weighted by molar-refractivity contribution is -0.884. The Hall–Kier alpha value is -7.99. The Labute approximate surface area is 582 Å².